The minimum Gasteiger partial charge on any atom is -0.493 e. The molecule has 152 valence electrons. The van der Waals surface area contributed by atoms with E-state index in [4.69, 9.17) is 9.15 Å². The summed E-state index contributed by atoms with van der Waals surface area (Å²) in [6.45, 7) is 5.06. The monoisotopic (exact) mass is 399 g/mol. The Morgan fingerprint density at radius 3 is 2.43 bits per heavy atom. The number of furan rings is 1. The number of piperazine rings is 1. The summed E-state index contributed by atoms with van der Waals surface area (Å²) in [4.78, 5) is 9.08. The highest BCUT2D eigenvalue weighted by atomic mass is 16.5. The molecule has 1 aliphatic rings. The molecule has 0 atom stereocenters. The Bertz CT molecular complexity index is 1120. The van der Waals surface area contributed by atoms with Gasteiger partial charge in [-0.15, -0.1) is 0 Å². The first-order valence-corrected chi connectivity index (χ1v) is 10.3. The third kappa shape index (κ3) is 3.64. The molecule has 5 rings (SSSR count). The largest absolute Gasteiger partial charge is 0.493 e. The summed E-state index contributed by atoms with van der Waals surface area (Å²) in [6.07, 6.45) is 3.57. The zero-order valence-electron chi connectivity index (χ0n) is 17.1. The van der Waals surface area contributed by atoms with Crippen molar-refractivity contribution in [3.8, 4) is 17.1 Å². The predicted octanol–water partition coefficient (Wildman–Crippen LogP) is 4.83. The Balaban J connectivity index is 1.38. The van der Waals surface area contributed by atoms with Gasteiger partial charge in [0.25, 0.3) is 0 Å². The second-order valence-corrected chi connectivity index (χ2v) is 7.62. The molecule has 30 heavy (non-hydrogen) atoms. The Labute approximate surface area is 176 Å². The molecule has 1 fully saturated rings. The second-order valence-electron chi connectivity index (χ2n) is 7.62. The van der Waals surface area contributed by atoms with E-state index >= 15 is 0 Å². The molecule has 2 aromatic heterocycles. The van der Waals surface area contributed by atoms with Gasteiger partial charge in [0.05, 0.1) is 7.11 Å². The number of anilines is 1. The fourth-order valence-corrected chi connectivity index (χ4v) is 4.16. The highest BCUT2D eigenvalue weighted by Gasteiger charge is 2.20. The number of methoxy groups -OCH3 is 1. The van der Waals surface area contributed by atoms with Gasteiger partial charge in [-0.3, -0.25) is 9.88 Å². The van der Waals surface area contributed by atoms with E-state index in [0.717, 1.165) is 60.8 Å². The molecule has 2 aromatic carbocycles. The Morgan fingerprint density at radius 1 is 0.933 bits per heavy atom. The number of aromatic nitrogens is 1. The third-order valence-electron chi connectivity index (χ3n) is 5.81. The molecule has 0 spiro atoms. The number of benzene rings is 2. The maximum atomic E-state index is 6.20. The fraction of sp³-hybridized carbons (Fsp3) is 0.240. The van der Waals surface area contributed by atoms with Crippen molar-refractivity contribution < 1.29 is 9.15 Å². The van der Waals surface area contributed by atoms with E-state index in [1.165, 1.54) is 11.3 Å². The van der Waals surface area contributed by atoms with Crippen LogP contribution in [0.3, 0.4) is 0 Å². The van der Waals surface area contributed by atoms with Gasteiger partial charge in [-0.2, -0.15) is 0 Å². The summed E-state index contributed by atoms with van der Waals surface area (Å²) in [5.41, 5.74) is 4.40. The SMILES string of the molecule is COc1ccc(CN2CCN(c3ccccc3)CC2)c2cc(-c3ccncc3)oc12. The number of para-hydroxylation sites is 1. The smallest absolute Gasteiger partial charge is 0.176 e. The lowest BCUT2D eigenvalue weighted by Gasteiger charge is -2.36. The Morgan fingerprint density at radius 2 is 1.70 bits per heavy atom. The molecule has 0 N–H and O–H groups in total. The first-order valence-electron chi connectivity index (χ1n) is 10.3. The summed E-state index contributed by atoms with van der Waals surface area (Å²) in [5.74, 6) is 1.61. The highest BCUT2D eigenvalue weighted by molar-refractivity contribution is 5.90. The number of hydrogen-bond acceptors (Lipinski definition) is 5. The molecule has 5 heteroatoms. The first-order chi connectivity index (χ1) is 14.8. The van der Waals surface area contributed by atoms with Crippen molar-refractivity contribution >= 4 is 16.7 Å². The lowest BCUT2D eigenvalue weighted by Crippen LogP contribution is -2.45. The summed E-state index contributed by atoms with van der Waals surface area (Å²) in [5, 5.41) is 1.12. The molecular formula is C25H25N3O2. The standard InChI is InChI=1S/C25H25N3O2/c1-29-23-8-7-20(22-17-24(30-25(22)23)19-9-11-26-12-10-19)18-27-13-15-28(16-14-27)21-5-3-2-4-6-21/h2-12,17H,13-16,18H2,1H3. The molecular weight excluding hydrogens is 374 g/mol. The second kappa shape index (κ2) is 8.20. The first kappa shape index (κ1) is 18.7. The van der Waals surface area contributed by atoms with Crippen molar-refractivity contribution in [2.24, 2.45) is 0 Å². The van der Waals surface area contributed by atoms with Crippen LogP contribution in [0, 0.1) is 0 Å². The van der Waals surface area contributed by atoms with E-state index in [-0.39, 0.29) is 0 Å². The summed E-state index contributed by atoms with van der Waals surface area (Å²) < 4.78 is 11.8. The number of nitrogens with zero attached hydrogens (tertiary/aromatic N) is 3. The van der Waals surface area contributed by atoms with Crippen LogP contribution in [-0.2, 0) is 6.54 Å². The van der Waals surface area contributed by atoms with Crippen molar-refractivity contribution in [2.75, 3.05) is 38.2 Å². The van der Waals surface area contributed by atoms with E-state index in [1.54, 1.807) is 19.5 Å². The van der Waals surface area contributed by atoms with Gasteiger partial charge in [-0.25, -0.2) is 0 Å². The van der Waals surface area contributed by atoms with Crippen LogP contribution in [-0.4, -0.2) is 43.2 Å². The van der Waals surface area contributed by atoms with Crippen molar-refractivity contribution in [3.63, 3.8) is 0 Å². The van der Waals surface area contributed by atoms with E-state index in [2.05, 4.69) is 57.2 Å². The van der Waals surface area contributed by atoms with Gasteiger partial charge >= 0.3 is 0 Å². The van der Waals surface area contributed by atoms with Gasteiger partial charge in [0.2, 0.25) is 0 Å². The third-order valence-corrected chi connectivity index (χ3v) is 5.81. The maximum Gasteiger partial charge on any atom is 0.176 e. The number of fused-ring (bicyclic) bond motifs is 1. The summed E-state index contributed by atoms with van der Waals surface area (Å²) in [7, 11) is 1.69. The van der Waals surface area contributed by atoms with Gasteiger partial charge in [-0.1, -0.05) is 24.3 Å². The van der Waals surface area contributed by atoms with Gasteiger partial charge in [0.15, 0.2) is 11.3 Å². The number of rotatable bonds is 5. The van der Waals surface area contributed by atoms with Crippen LogP contribution in [0.1, 0.15) is 5.56 Å². The van der Waals surface area contributed by atoms with E-state index in [9.17, 15) is 0 Å². The maximum absolute atomic E-state index is 6.20. The van der Waals surface area contributed by atoms with Crippen LogP contribution in [0.15, 0.2) is 77.5 Å². The van der Waals surface area contributed by atoms with Gasteiger partial charge < -0.3 is 14.1 Å². The van der Waals surface area contributed by atoms with Crippen molar-refractivity contribution in [1.29, 1.82) is 0 Å². The molecule has 5 nitrogen and oxygen atoms in total. The molecule has 0 radical (unpaired) electrons. The molecule has 1 saturated heterocycles. The highest BCUT2D eigenvalue weighted by Crippen LogP contribution is 2.36. The number of ether oxygens (including phenoxy) is 1. The fourth-order valence-electron chi connectivity index (χ4n) is 4.16. The van der Waals surface area contributed by atoms with Crippen molar-refractivity contribution in [2.45, 2.75) is 6.54 Å². The Hall–Kier alpha value is -3.31. The van der Waals surface area contributed by atoms with Crippen LogP contribution < -0.4 is 9.64 Å². The zero-order chi connectivity index (χ0) is 20.3. The van der Waals surface area contributed by atoms with Crippen LogP contribution in [0.5, 0.6) is 5.75 Å². The topological polar surface area (TPSA) is 41.7 Å². The molecule has 0 saturated carbocycles. The van der Waals surface area contributed by atoms with E-state index < -0.39 is 0 Å². The predicted molar refractivity (Wildman–Crippen MR) is 120 cm³/mol. The minimum atomic E-state index is 0.767. The lowest BCUT2D eigenvalue weighted by atomic mass is 10.1. The van der Waals surface area contributed by atoms with Crippen LogP contribution in [0.4, 0.5) is 5.69 Å². The number of pyridine rings is 1. The average Bonchev–Trinajstić information content (AvgIpc) is 3.27. The van der Waals surface area contributed by atoms with Gasteiger partial charge in [-0.05, 0) is 42.0 Å². The lowest BCUT2D eigenvalue weighted by molar-refractivity contribution is 0.250. The average molecular weight is 399 g/mol. The molecule has 0 aliphatic carbocycles. The molecule has 0 amide bonds. The van der Waals surface area contributed by atoms with Gasteiger partial charge in [0.1, 0.15) is 5.76 Å². The summed E-state index contributed by atoms with van der Waals surface area (Å²) in [6, 6.07) is 20.9. The van der Waals surface area contributed by atoms with E-state index in [0.29, 0.717) is 0 Å². The molecule has 0 unspecified atom stereocenters. The Kier molecular flexibility index (Phi) is 5.11. The normalized spacial score (nSPS) is 14.9. The van der Waals surface area contributed by atoms with Crippen molar-refractivity contribution in [1.82, 2.24) is 9.88 Å². The van der Waals surface area contributed by atoms with E-state index in [1.807, 2.05) is 18.2 Å². The zero-order valence-corrected chi connectivity index (χ0v) is 17.1. The van der Waals surface area contributed by atoms with Crippen molar-refractivity contribution in [3.05, 3.63) is 78.6 Å². The molecule has 4 aromatic rings. The van der Waals surface area contributed by atoms with Crippen LogP contribution >= 0.6 is 0 Å². The summed E-state index contributed by atoms with van der Waals surface area (Å²) >= 11 is 0. The number of hydrogen-bond donors (Lipinski definition) is 0. The molecule has 3 heterocycles. The van der Waals surface area contributed by atoms with Crippen LogP contribution in [0.25, 0.3) is 22.3 Å². The quantitative estimate of drug-likeness (QED) is 0.481. The van der Waals surface area contributed by atoms with Crippen LogP contribution in [0.2, 0.25) is 0 Å². The van der Waals surface area contributed by atoms with Gasteiger partial charge in [0, 0.05) is 61.8 Å². The molecule has 0 bridgehead atoms. The minimum absolute atomic E-state index is 0.767. The molecule has 1 aliphatic heterocycles.